The van der Waals surface area contributed by atoms with Crippen LogP contribution in [-0.4, -0.2) is 9.97 Å². The Labute approximate surface area is 245 Å². The Morgan fingerprint density at radius 3 is 1.98 bits per heavy atom. The molecule has 8 aromatic rings. The number of rotatable bonds is 2. The molecule has 3 aromatic heterocycles. The SMILES string of the molecule is [Ir].[c-]1ccc2c(oc3c2ccc2ccc4ccccc4c23)c1-c1ccccn1.[c-]1ccccc1-c1ccccn1. The standard InChI is InChI=1S/C25H14NO.C11H8N.Ir/c1-2-7-18-16(6-1)11-12-17-13-14-20-19-8-5-9-21(22-10-3-4-15-26-22)24(19)27-25(20)23(17)18;1-2-6-10(7-3-1)11-8-4-5-9-12-11;/h1-8,10-15H;1-6,8-9H;/q2*-1;. The Morgan fingerprint density at radius 1 is 0.500 bits per heavy atom. The Bertz CT molecular complexity index is 2020. The summed E-state index contributed by atoms with van der Waals surface area (Å²) in [5, 5.41) is 6.99. The maximum atomic E-state index is 6.49. The van der Waals surface area contributed by atoms with Gasteiger partial charge in [0.15, 0.2) is 0 Å². The molecule has 0 saturated heterocycles. The Hall–Kier alpha value is -4.63. The van der Waals surface area contributed by atoms with Gasteiger partial charge < -0.3 is 14.4 Å². The summed E-state index contributed by atoms with van der Waals surface area (Å²) in [7, 11) is 0. The van der Waals surface area contributed by atoms with Crippen LogP contribution in [0.15, 0.2) is 138 Å². The minimum absolute atomic E-state index is 0. The maximum Gasteiger partial charge on any atom is 0.129 e. The Morgan fingerprint density at radius 2 is 1.20 bits per heavy atom. The average Bonchev–Trinajstić information content (AvgIpc) is 3.42. The Balaban J connectivity index is 0.000000188. The quantitative estimate of drug-likeness (QED) is 0.134. The first-order valence-corrected chi connectivity index (χ1v) is 12.8. The van der Waals surface area contributed by atoms with Gasteiger partial charge >= 0.3 is 0 Å². The molecule has 0 aliphatic carbocycles. The predicted octanol–water partition coefficient (Wildman–Crippen LogP) is 9.30. The zero-order valence-electron chi connectivity index (χ0n) is 21.3. The van der Waals surface area contributed by atoms with Gasteiger partial charge in [0.05, 0.1) is 5.58 Å². The van der Waals surface area contributed by atoms with E-state index in [1.54, 1.807) is 12.4 Å². The van der Waals surface area contributed by atoms with Gasteiger partial charge in [-0.3, -0.25) is 0 Å². The van der Waals surface area contributed by atoms with Crippen LogP contribution in [0.1, 0.15) is 0 Å². The fourth-order valence-electron chi connectivity index (χ4n) is 5.06. The summed E-state index contributed by atoms with van der Waals surface area (Å²) >= 11 is 0. The van der Waals surface area contributed by atoms with E-state index in [9.17, 15) is 0 Å². The Kier molecular flexibility index (Phi) is 7.20. The number of fused-ring (bicyclic) bond motifs is 7. The summed E-state index contributed by atoms with van der Waals surface area (Å²) in [6.45, 7) is 0. The molecule has 4 heteroatoms. The number of pyridine rings is 2. The van der Waals surface area contributed by atoms with Crippen molar-refractivity contribution in [3.8, 4) is 22.5 Å². The zero-order chi connectivity index (χ0) is 26.0. The van der Waals surface area contributed by atoms with E-state index in [1.807, 2.05) is 66.7 Å². The molecular formula is C36H22IrN2O-2. The number of hydrogen-bond donors (Lipinski definition) is 0. The van der Waals surface area contributed by atoms with Gasteiger partial charge in [0.1, 0.15) is 5.58 Å². The van der Waals surface area contributed by atoms with Crippen molar-refractivity contribution in [3.63, 3.8) is 0 Å². The molecule has 0 N–H and O–H groups in total. The molecule has 40 heavy (non-hydrogen) atoms. The van der Waals surface area contributed by atoms with Crippen LogP contribution in [0.2, 0.25) is 0 Å². The third-order valence-electron chi connectivity index (χ3n) is 6.88. The van der Waals surface area contributed by atoms with Crippen molar-refractivity contribution in [1.29, 1.82) is 0 Å². The summed E-state index contributed by atoms with van der Waals surface area (Å²) in [6, 6.07) is 47.2. The summed E-state index contributed by atoms with van der Waals surface area (Å²) in [6.07, 6.45) is 3.59. The van der Waals surface area contributed by atoms with E-state index in [4.69, 9.17) is 4.42 Å². The molecule has 0 bridgehead atoms. The second kappa shape index (κ2) is 11.2. The van der Waals surface area contributed by atoms with E-state index in [0.29, 0.717) is 0 Å². The van der Waals surface area contributed by atoms with Crippen molar-refractivity contribution < 1.29 is 24.5 Å². The van der Waals surface area contributed by atoms with Gasteiger partial charge in [0, 0.05) is 43.3 Å². The van der Waals surface area contributed by atoms with Crippen molar-refractivity contribution in [3.05, 3.63) is 146 Å². The average molecular weight is 691 g/mol. The second-order valence-electron chi connectivity index (χ2n) is 9.23. The molecule has 0 fully saturated rings. The molecule has 0 aliphatic rings. The van der Waals surface area contributed by atoms with Gasteiger partial charge in [0.2, 0.25) is 0 Å². The summed E-state index contributed by atoms with van der Waals surface area (Å²) < 4.78 is 6.49. The minimum Gasteiger partial charge on any atom is -0.500 e. The van der Waals surface area contributed by atoms with E-state index in [2.05, 4.69) is 76.7 Å². The van der Waals surface area contributed by atoms with E-state index in [0.717, 1.165) is 49.8 Å². The van der Waals surface area contributed by atoms with Crippen LogP contribution < -0.4 is 0 Å². The molecule has 8 rings (SSSR count). The van der Waals surface area contributed by atoms with Crippen LogP contribution in [-0.2, 0) is 20.1 Å². The molecule has 3 heterocycles. The third-order valence-corrected chi connectivity index (χ3v) is 6.88. The molecule has 193 valence electrons. The molecule has 0 saturated carbocycles. The van der Waals surface area contributed by atoms with E-state index >= 15 is 0 Å². The molecule has 0 unspecified atom stereocenters. The van der Waals surface area contributed by atoms with Gasteiger partial charge in [0.25, 0.3) is 0 Å². The monoisotopic (exact) mass is 691 g/mol. The third kappa shape index (κ3) is 4.69. The number of hydrogen-bond acceptors (Lipinski definition) is 3. The molecule has 0 spiro atoms. The second-order valence-corrected chi connectivity index (χ2v) is 9.23. The van der Waals surface area contributed by atoms with E-state index in [1.165, 1.54) is 16.2 Å². The normalized spacial score (nSPS) is 10.8. The van der Waals surface area contributed by atoms with Crippen LogP contribution in [0.5, 0.6) is 0 Å². The first-order chi connectivity index (χ1) is 19.4. The van der Waals surface area contributed by atoms with Crippen molar-refractivity contribution >= 4 is 43.5 Å². The molecular weight excluding hydrogens is 669 g/mol. The topological polar surface area (TPSA) is 38.9 Å². The molecule has 0 atom stereocenters. The summed E-state index contributed by atoms with van der Waals surface area (Å²) in [5.41, 5.74) is 5.55. The van der Waals surface area contributed by atoms with Gasteiger partial charge in [-0.15, -0.1) is 54.1 Å². The molecule has 5 aromatic carbocycles. The summed E-state index contributed by atoms with van der Waals surface area (Å²) in [4.78, 5) is 8.71. The fourth-order valence-corrected chi connectivity index (χ4v) is 5.06. The first-order valence-electron chi connectivity index (χ1n) is 12.8. The molecule has 0 aliphatic heterocycles. The number of nitrogens with zero attached hydrogens (tertiary/aromatic N) is 2. The van der Waals surface area contributed by atoms with Crippen molar-refractivity contribution in [1.82, 2.24) is 9.97 Å². The van der Waals surface area contributed by atoms with Crippen molar-refractivity contribution in [2.75, 3.05) is 0 Å². The van der Waals surface area contributed by atoms with Gasteiger partial charge in [-0.1, -0.05) is 83.7 Å². The molecule has 3 nitrogen and oxygen atoms in total. The zero-order valence-corrected chi connectivity index (χ0v) is 23.7. The van der Waals surface area contributed by atoms with Crippen LogP contribution in [0.25, 0.3) is 66.0 Å². The van der Waals surface area contributed by atoms with Crippen LogP contribution in [0.4, 0.5) is 0 Å². The molecule has 0 amide bonds. The number of benzene rings is 5. The van der Waals surface area contributed by atoms with Crippen LogP contribution in [0.3, 0.4) is 0 Å². The fraction of sp³-hybridized carbons (Fsp3) is 0. The van der Waals surface area contributed by atoms with Gasteiger partial charge in [-0.05, 0) is 39.7 Å². The van der Waals surface area contributed by atoms with E-state index in [-0.39, 0.29) is 20.1 Å². The summed E-state index contributed by atoms with van der Waals surface area (Å²) in [5.74, 6) is 0. The number of aromatic nitrogens is 2. The minimum atomic E-state index is 0. The largest absolute Gasteiger partial charge is 0.500 e. The van der Waals surface area contributed by atoms with E-state index < -0.39 is 0 Å². The first kappa shape index (κ1) is 25.6. The predicted molar refractivity (Wildman–Crippen MR) is 159 cm³/mol. The smallest absolute Gasteiger partial charge is 0.129 e. The molecule has 1 radical (unpaired) electrons. The van der Waals surface area contributed by atoms with Crippen molar-refractivity contribution in [2.24, 2.45) is 0 Å². The van der Waals surface area contributed by atoms with Crippen LogP contribution >= 0.6 is 0 Å². The van der Waals surface area contributed by atoms with Gasteiger partial charge in [-0.2, -0.15) is 0 Å². The van der Waals surface area contributed by atoms with Gasteiger partial charge in [-0.25, -0.2) is 0 Å². The maximum absolute atomic E-state index is 6.49. The van der Waals surface area contributed by atoms with Crippen molar-refractivity contribution in [2.45, 2.75) is 0 Å². The van der Waals surface area contributed by atoms with Crippen LogP contribution in [0, 0.1) is 12.1 Å². The number of furan rings is 1.